The standard InChI is InChI=1S/C15H22ClN3OS.HI/c1-17-14(18-10-15(20)7-8-21-11-15)19(2)9-12-3-5-13(16)6-4-12;/h3-6,20H,7-11H2,1-2H3,(H,17,18);1H. The molecule has 1 aromatic carbocycles. The van der Waals surface area contributed by atoms with Crippen LogP contribution in [-0.4, -0.2) is 53.7 Å². The summed E-state index contributed by atoms with van der Waals surface area (Å²) in [5.41, 5.74) is 0.557. The van der Waals surface area contributed by atoms with Crippen molar-refractivity contribution in [1.82, 2.24) is 10.2 Å². The lowest BCUT2D eigenvalue weighted by molar-refractivity contribution is 0.0718. The Labute approximate surface area is 158 Å². The first-order valence-electron chi connectivity index (χ1n) is 6.99. The van der Waals surface area contributed by atoms with Crippen LogP contribution in [0.5, 0.6) is 0 Å². The lowest BCUT2D eigenvalue weighted by Gasteiger charge is -2.27. The van der Waals surface area contributed by atoms with E-state index in [1.807, 2.05) is 36.2 Å². The molecular formula is C15H23ClIN3OS. The summed E-state index contributed by atoms with van der Waals surface area (Å²) in [6.45, 7) is 1.28. The van der Waals surface area contributed by atoms with Crippen molar-refractivity contribution >= 4 is 53.3 Å². The molecule has 2 rings (SSSR count). The molecule has 22 heavy (non-hydrogen) atoms. The summed E-state index contributed by atoms with van der Waals surface area (Å²) in [7, 11) is 3.74. The Kier molecular flexibility index (Phi) is 8.31. The summed E-state index contributed by atoms with van der Waals surface area (Å²) < 4.78 is 0. The average molecular weight is 456 g/mol. The Morgan fingerprint density at radius 3 is 2.68 bits per heavy atom. The molecule has 7 heteroatoms. The lowest BCUT2D eigenvalue weighted by atomic mass is 10.0. The van der Waals surface area contributed by atoms with E-state index in [0.717, 1.165) is 35.5 Å². The van der Waals surface area contributed by atoms with Crippen LogP contribution in [-0.2, 0) is 6.54 Å². The highest BCUT2D eigenvalue weighted by Crippen LogP contribution is 2.27. The van der Waals surface area contributed by atoms with Crippen molar-refractivity contribution in [3.05, 3.63) is 34.9 Å². The van der Waals surface area contributed by atoms with Crippen molar-refractivity contribution < 1.29 is 5.11 Å². The molecule has 1 aliphatic rings. The van der Waals surface area contributed by atoms with Crippen molar-refractivity contribution in [2.24, 2.45) is 4.99 Å². The van der Waals surface area contributed by atoms with Crippen LogP contribution in [0.4, 0.5) is 0 Å². The van der Waals surface area contributed by atoms with Gasteiger partial charge in [0.2, 0.25) is 0 Å². The lowest BCUT2D eigenvalue weighted by Crippen LogP contribution is -2.47. The molecule has 4 nitrogen and oxygen atoms in total. The van der Waals surface area contributed by atoms with Gasteiger partial charge in [-0.2, -0.15) is 11.8 Å². The first-order valence-corrected chi connectivity index (χ1v) is 8.52. The van der Waals surface area contributed by atoms with Crippen LogP contribution in [0.2, 0.25) is 5.02 Å². The van der Waals surface area contributed by atoms with Crippen LogP contribution in [0.3, 0.4) is 0 Å². The van der Waals surface area contributed by atoms with Crippen LogP contribution >= 0.6 is 47.3 Å². The molecule has 124 valence electrons. The fourth-order valence-corrected chi connectivity index (χ4v) is 3.72. The number of nitrogens with zero attached hydrogens (tertiary/aromatic N) is 2. The molecule has 2 N–H and O–H groups in total. The molecule has 1 unspecified atom stereocenters. The number of hydrogen-bond acceptors (Lipinski definition) is 3. The van der Waals surface area contributed by atoms with Gasteiger partial charge in [-0.1, -0.05) is 23.7 Å². The third-order valence-electron chi connectivity index (χ3n) is 3.56. The Morgan fingerprint density at radius 2 is 2.14 bits per heavy atom. The molecule has 0 amide bonds. The van der Waals surface area contributed by atoms with E-state index in [4.69, 9.17) is 11.6 Å². The van der Waals surface area contributed by atoms with E-state index in [2.05, 4.69) is 10.3 Å². The molecule has 0 aromatic heterocycles. The minimum Gasteiger partial charge on any atom is -0.387 e. The molecular weight excluding hydrogens is 433 g/mol. The fourth-order valence-electron chi connectivity index (χ4n) is 2.30. The Hall–Kier alpha value is -0.180. The van der Waals surface area contributed by atoms with Gasteiger partial charge in [-0.3, -0.25) is 4.99 Å². The summed E-state index contributed by atoms with van der Waals surface area (Å²) in [4.78, 5) is 6.32. The zero-order valence-corrected chi connectivity index (χ0v) is 16.8. The van der Waals surface area contributed by atoms with Crippen LogP contribution in [0.1, 0.15) is 12.0 Å². The topological polar surface area (TPSA) is 47.9 Å². The van der Waals surface area contributed by atoms with Gasteiger partial charge in [0.1, 0.15) is 0 Å². The summed E-state index contributed by atoms with van der Waals surface area (Å²) in [6.07, 6.45) is 0.836. The number of hydrogen-bond donors (Lipinski definition) is 2. The summed E-state index contributed by atoms with van der Waals surface area (Å²) in [6, 6.07) is 7.79. The van der Waals surface area contributed by atoms with Gasteiger partial charge < -0.3 is 15.3 Å². The third kappa shape index (κ3) is 5.79. The third-order valence-corrected chi connectivity index (χ3v) is 5.05. The van der Waals surface area contributed by atoms with Gasteiger partial charge >= 0.3 is 0 Å². The maximum absolute atomic E-state index is 10.4. The van der Waals surface area contributed by atoms with Gasteiger partial charge in [-0.25, -0.2) is 0 Å². The van der Waals surface area contributed by atoms with Crippen molar-refractivity contribution in [1.29, 1.82) is 0 Å². The van der Waals surface area contributed by atoms with Gasteiger partial charge in [-0.15, -0.1) is 24.0 Å². The van der Waals surface area contributed by atoms with E-state index in [1.165, 1.54) is 5.56 Å². The normalized spacial score (nSPS) is 21.4. The van der Waals surface area contributed by atoms with Gasteiger partial charge in [-0.05, 0) is 29.9 Å². The SMILES string of the molecule is CN=C(NCC1(O)CCSC1)N(C)Cc1ccc(Cl)cc1.I. The summed E-state index contributed by atoms with van der Waals surface area (Å²) in [5, 5.41) is 14.4. The Balaban J connectivity index is 0.00000242. The van der Waals surface area contributed by atoms with Crippen molar-refractivity contribution in [3.63, 3.8) is 0 Å². The molecule has 1 fully saturated rings. The summed E-state index contributed by atoms with van der Waals surface area (Å²) >= 11 is 7.69. The van der Waals surface area contributed by atoms with Gasteiger partial charge in [0.15, 0.2) is 5.96 Å². The molecule has 0 spiro atoms. The van der Waals surface area contributed by atoms with Crippen molar-refractivity contribution in [3.8, 4) is 0 Å². The highest BCUT2D eigenvalue weighted by atomic mass is 127. The maximum atomic E-state index is 10.4. The maximum Gasteiger partial charge on any atom is 0.193 e. The predicted molar refractivity (Wildman–Crippen MR) is 107 cm³/mol. The number of guanidine groups is 1. The van der Waals surface area contributed by atoms with E-state index in [0.29, 0.717) is 6.54 Å². The van der Waals surface area contributed by atoms with Gasteiger partial charge in [0.05, 0.1) is 5.60 Å². The van der Waals surface area contributed by atoms with Crippen molar-refractivity contribution in [2.75, 3.05) is 32.1 Å². The molecule has 0 aliphatic carbocycles. The second-order valence-electron chi connectivity index (χ2n) is 5.41. The molecule has 1 saturated heterocycles. The highest BCUT2D eigenvalue weighted by molar-refractivity contribution is 14.0. The van der Waals surface area contributed by atoms with Gasteiger partial charge in [0.25, 0.3) is 0 Å². The zero-order valence-electron chi connectivity index (χ0n) is 12.9. The predicted octanol–water partition coefficient (Wildman–Crippen LogP) is 2.83. The van der Waals surface area contributed by atoms with E-state index >= 15 is 0 Å². The first-order chi connectivity index (χ1) is 10.0. The molecule has 1 aromatic rings. The second-order valence-corrected chi connectivity index (χ2v) is 6.95. The fraction of sp³-hybridized carbons (Fsp3) is 0.533. The smallest absolute Gasteiger partial charge is 0.193 e. The number of aliphatic hydroxyl groups is 1. The van der Waals surface area contributed by atoms with E-state index in [9.17, 15) is 5.11 Å². The second kappa shape index (κ2) is 9.20. The molecule has 1 heterocycles. The minimum atomic E-state index is -0.609. The monoisotopic (exact) mass is 455 g/mol. The average Bonchev–Trinajstić information content (AvgIpc) is 2.89. The molecule has 0 bridgehead atoms. The number of thioether (sulfide) groups is 1. The van der Waals surface area contributed by atoms with E-state index < -0.39 is 5.60 Å². The highest BCUT2D eigenvalue weighted by Gasteiger charge is 2.31. The van der Waals surface area contributed by atoms with Crippen LogP contribution in [0, 0.1) is 0 Å². The van der Waals surface area contributed by atoms with Crippen LogP contribution in [0.25, 0.3) is 0 Å². The number of aliphatic imine (C=N–C) groups is 1. The number of nitrogens with one attached hydrogen (secondary N) is 1. The Bertz CT molecular complexity index is 492. The van der Waals surface area contributed by atoms with Crippen molar-refractivity contribution in [2.45, 2.75) is 18.6 Å². The first kappa shape index (κ1) is 19.9. The molecule has 0 saturated carbocycles. The summed E-state index contributed by atoms with van der Waals surface area (Å²) in [5.74, 6) is 2.60. The number of halogens is 2. The number of benzene rings is 1. The minimum absolute atomic E-state index is 0. The zero-order chi connectivity index (χ0) is 15.3. The quantitative estimate of drug-likeness (QED) is 0.416. The molecule has 1 aliphatic heterocycles. The van der Waals surface area contributed by atoms with E-state index in [1.54, 1.807) is 18.8 Å². The molecule has 1 atom stereocenters. The van der Waals surface area contributed by atoms with Gasteiger partial charge in [0, 0.05) is 38.0 Å². The van der Waals surface area contributed by atoms with E-state index in [-0.39, 0.29) is 24.0 Å². The Morgan fingerprint density at radius 1 is 1.45 bits per heavy atom. The number of rotatable bonds is 4. The molecule has 0 radical (unpaired) electrons. The van der Waals surface area contributed by atoms with Crippen LogP contribution < -0.4 is 5.32 Å². The largest absolute Gasteiger partial charge is 0.387 e. The van der Waals surface area contributed by atoms with Crippen LogP contribution in [0.15, 0.2) is 29.3 Å².